The first-order valence-electron chi connectivity index (χ1n) is 9.07. The SMILES string of the molecule is COc1ccc(Cc2n[nH]c(NCCSCc3nc[nH]c3C)nc2=O)cc1OC. The molecule has 1 aromatic carbocycles. The van der Waals surface area contributed by atoms with Crippen molar-refractivity contribution in [3.8, 4) is 11.5 Å². The molecular weight excluding hydrogens is 392 g/mol. The average Bonchev–Trinajstić information content (AvgIpc) is 3.14. The van der Waals surface area contributed by atoms with E-state index in [4.69, 9.17) is 9.47 Å². The molecule has 0 aliphatic heterocycles. The third-order valence-corrected chi connectivity index (χ3v) is 5.26. The van der Waals surface area contributed by atoms with Crippen LogP contribution >= 0.6 is 11.8 Å². The number of methoxy groups -OCH3 is 2. The lowest BCUT2D eigenvalue weighted by Crippen LogP contribution is -2.20. The second-order valence-electron chi connectivity index (χ2n) is 6.26. The normalized spacial score (nSPS) is 10.7. The van der Waals surface area contributed by atoms with Crippen molar-refractivity contribution in [1.82, 2.24) is 25.1 Å². The van der Waals surface area contributed by atoms with Crippen LogP contribution in [-0.4, -0.2) is 51.7 Å². The number of nitrogens with zero attached hydrogens (tertiary/aromatic N) is 3. The van der Waals surface area contributed by atoms with Gasteiger partial charge in [0.05, 0.1) is 26.2 Å². The Hall–Kier alpha value is -3.01. The Labute approximate surface area is 172 Å². The second kappa shape index (κ2) is 9.97. The summed E-state index contributed by atoms with van der Waals surface area (Å²) in [6, 6.07) is 5.49. The second-order valence-corrected chi connectivity index (χ2v) is 7.36. The van der Waals surface area contributed by atoms with Gasteiger partial charge < -0.3 is 19.8 Å². The zero-order valence-electron chi connectivity index (χ0n) is 16.6. The fourth-order valence-corrected chi connectivity index (χ4v) is 3.56. The van der Waals surface area contributed by atoms with E-state index in [9.17, 15) is 4.79 Å². The average molecular weight is 417 g/mol. The molecule has 10 heteroatoms. The number of nitrogens with one attached hydrogen (secondary N) is 3. The van der Waals surface area contributed by atoms with Crippen molar-refractivity contribution in [3.05, 3.63) is 57.5 Å². The summed E-state index contributed by atoms with van der Waals surface area (Å²) in [6.07, 6.45) is 2.05. The van der Waals surface area contributed by atoms with Gasteiger partial charge in [0.25, 0.3) is 5.56 Å². The molecule has 0 bridgehead atoms. The number of hydrogen-bond donors (Lipinski definition) is 3. The summed E-state index contributed by atoms with van der Waals surface area (Å²) in [7, 11) is 3.15. The van der Waals surface area contributed by atoms with Gasteiger partial charge in [0.2, 0.25) is 5.95 Å². The maximum Gasteiger partial charge on any atom is 0.296 e. The number of rotatable bonds is 10. The number of aromatic amines is 2. The summed E-state index contributed by atoms with van der Waals surface area (Å²) in [5.41, 5.74) is 3.01. The van der Waals surface area contributed by atoms with Gasteiger partial charge in [-0.1, -0.05) is 6.07 Å². The molecule has 0 fully saturated rings. The molecule has 3 N–H and O–H groups in total. The van der Waals surface area contributed by atoms with E-state index in [-0.39, 0.29) is 5.56 Å². The molecule has 0 radical (unpaired) electrons. The van der Waals surface area contributed by atoms with Crippen LogP contribution in [0.2, 0.25) is 0 Å². The number of H-pyrrole nitrogens is 2. The molecule has 9 nitrogen and oxygen atoms in total. The molecule has 0 aliphatic carbocycles. The highest BCUT2D eigenvalue weighted by atomic mass is 32.2. The Kier molecular flexibility index (Phi) is 7.12. The fourth-order valence-electron chi connectivity index (χ4n) is 2.68. The molecule has 0 unspecified atom stereocenters. The maximum atomic E-state index is 12.3. The number of hydrogen-bond acceptors (Lipinski definition) is 8. The topological polar surface area (TPSA) is 118 Å². The minimum absolute atomic E-state index is 0.339. The van der Waals surface area contributed by atoms with Crippen LogP contribution in [0.25, 0.3) is 0 Å². The van der Waals surface area contributed by atoms with E-state index in [1.807, 2.05) is 19.1 Å². The molecule has 0 saturated carbocycles. The summed E-state index contributed by atoms with van der Waals surface area (Å²) in [4.78, 5) is 23.7. The zero-order valence-corrected chi connectivity index (χ0v) is 17.4. The van der Waals surface area contributed by atoms with Crippen molar-refractivity contribution in [2.75, 3.05) is 31.8 Å². The van der Waals surface area contributed by atoms with Crippen molar-refractivity contribution in [2.24, 2.45) is 0 Å². The maximum absolute atomic E-state index is 12.3. The number of ether oxygens (including phenoxy) is 2. The van der Waals surface area contributed by atoms with Crippen LogP contribution in [0.3, 0.4) is 0 Å². The van der Waals surface area contributed by atoms with Gasteiger partial charge in [-0.25, -0.2) is 10.1 Å². The molecule has 0 aliphatic rings. The Balaban J connectivity index is 1.52. The largest absolute Gasteiger partial charge is 0.493 e. The molecule has 154 valence electrons. The first kappa shape index (κ1) is 20.7. The summed E-state index contributed by atoms with van der Waals surface area (Å²) in [6.45, 7) is 2.67. The van der Waals surface area contributed by atoms with Crippen LogP contribution in [0.15, 0.2) is 29.3 Å². The monoisotopic (exact) mass is 416 g/mol. The van der Waals surface area contributed by atoms with Crippen LogP contribution < -0.4 is 20.3 Å². The van der Waals surface area contributed by atoms with Gasteiger partial charge in [0.1, 0.15) is 5.69 Å². The molecule has 3 rings (SSSR count). The van der Waals surface area contributed by atoms with E-state index in [2.05, 4.69) is 30.5 Å². The van der Waals surface area contributed by atoms with Gasteiger partial charge in [-0.3, -0.25) is 4.79 Å². The molecule has 0 spiro atoms. The first-order valence-corrected chi connectivity index (χ1v) is 10.2. The molecular formula is C19H24N6O3S. The van der Waals surface area contributed by atoms with Crippen molar-refractivity contribution >= 4 is 17.7 Å². The third-order valence-electron chi connectivity index (χ3n) is 4.29. The Bertz CT molecular complexity index is 1000. The predicted molar refractivity (Wildman–Crippen MR) is 113 cm³/mol. The highest BCUT2D eigenvalue weighted by Gasteiger charge is 2.10. The zero-order chi connectivity index (χ0) is 20.6. The lowest BCUT2D eigenvalue weighted by atomic mass is 10.1. The van der Waals surface area contributed by atoms with E-state index in [1.54, 1.807) is 38.4 Å². The highest BCUT2D eigenvalue weighted by Crippen LogP contribution is 2.28. The Morgan fingerprint density at radius 2 is 2.00 bits per heavy atom. The highest BCUT2D eigenvalue weighted by molar-refractivity contribution is 7.98. The first-order chi connectivity index (χ1) is 14.1. The van der Waals surface area contributed by atoms with E-state index < -0.39 is 0 Å². The van der Waals surface area contributed by atoms with E-state index in [0.717, 1.165) is 28.5 Å². The minimum atomic E-state index is -0.360. The van der Waals surface area contributed by atoms with Gasteiger partial charge in [0.15, 0.2) is 11.5 Å². The van der Waals surface area contributed by atoms with Crippen LogP contribution in [0.1, 0.15) is 22.6 Å². The van der Waals surface area contributed by atoms with E-state index in [0.29, 0.717) is 36.1 Å². The molecule has 2 aromatic heterocycles. The van der Waals surface area contributed by atoms with Crippen LogP contribution in [0.5, 0.6) is 11.5 Å². The number of aryl methyl sites for hydroxylation is 1. The van der Waals surface area contributed by atoms with Gasteiger partial charge >= 0.3 is 0 Å². The quantitative estimate of drug-likeness (QED) is 0.430. The van der Waals surface area contributed by atoms with Gasteiger partial charge in [-0.15, -0.1) is 0 Å². The van der Waals surface area contributed by atoms with Crippen LogP contribution in [0, 0.1) is 6.92 Å². The number of anilines is 1. The molecule has 0 amide bonds. The van der Waals surface area contributed by atoms with E-state index >= 15 is 0 Å². The van der Waals surface area contributed by atoms with Gasteiger partial charge in [-0.2, -0.15) is 21.8 Å². The number of aromatic nitrogens is 5. The smallest absolute Gasteiger partial charge is 0.296 e. The molecule has 29 heavy (non-hydrogen) atoms. The van der Waals surface area contributed by atoms with Crippen molar-refractivity contribution in [3.63, 3.8) is 0 Å². The lowest BCUT2D eigenvalue weighted by molar-refractivity contribution is 0.354. The van der Waals surface area contributed by atoms with Gasteiger partial charge in [-0.05, 0) is 24.6 Å². The molecule has 0 saturated heterocycles. The molecule has 2 heterocycles. The lowest BCUT2D eigenvalue weighted by Gasteiger charge is -2.09. The van der Waals surface area contributed by atoms with Crippen LogP contribution in [-0.2, 0) is 12.2 Å². The van der Waals surface area contributed by atoms with Crippen molar-refractivity contribution < 1.29 is 9.47 Å². The fraction of sp³-hybridized carbons (Fsp3) is 0.368. The summed E-state index contributed by atoms with van der Waals surface area (Å²) in [5, 5.41) is 10.1. The summed E-state index contributed by atoms with van der Waals surface area (Å²) < 4.78 is 10.5. The molecule has 0 atom stereocenters. The third kappa shape index (κ3) is 5.50. The number of imidazole rings is 1. The standard InChI is InChI=1S/C19H24N6O3S/c1-12-15(22-11-21-12)10-29-7-6-20-19-23-18(26)14(24-25-19)8-13-4-5-16(27-2)17(9-13)28-3/h4-5,9,11H,6-8,10H2,1-3H3,(H,21,22)(H2,20,23,25,26). The Morgan fingerprint density at radius 1 is 1.17 bits per heavy atom. The van der Waals surface area contributed by atoms with Crippen LogP contribution in [0.4, 0.5) is 5.95 Å². The number of benzene rings is 1. The number of thioether (sulfide) groups is 1. The Morgan fingerprint density at radius 3 is 2.69 bits per heavy atom. The van der Waals surface area contributed by atoms with E-state index in [1.165, 1.54) is 0 Å². The van der Waals surface area contributed by atoms with Crippen molar-refractivity contribution in [2.45, 2.75) is 19.1 Å². The predicted octanol–water partition coefficient (Wildman–Crippen LogP) is 2.15. The summed E-state index contributed by atoms with van der Waals surface area (Å²) in [5.74, 6) is 3.29. The molecule has 3 aromatic rings. The van der Waals surface area contributed by atoms with Crippen molar-refractivity contribution in [1.29, 1.82) is 0 Å². The van der Waals surface area contributed by atoms with Gasteiger partial charge in [0, 0.05) is 30.2 Å². The summed E-state index contributed by atoms with van der Waals surface area (Å²) >= 11 is 1.75. The minimum Gasteiger partial charge on any atom is -0.493 e.